The molecule has 0 saturated heterocycles. The van der Waals surface area contributed by atoms with E-state index in [-0.39, 0.29) is 23.5 Å². The van der Waals surface area contributed by atoms with E-state index in [1.165, 1.54) is 13.2 Å². The van der Waals surface area contributed by atoms with Gasteiger partial charge in [0.05, 0.1) is 18.7 Å². The molecular formula is C20H19ClF2N6O2. The zero-order valence-electron chi connectivity index (χ0n) is 16.7. The number of nitrogens with zero attached hydrogens (tertiary/aromatic N) is 5. The van der Waals surface area contributed by atoms with Gasteiger partial charge < -0.3 is 14.8 Å². The quantitative estimate of drug-likeness (QED) is 0.484. The number of nitrogens with one attached hydrogen (secondary N) is 1. The van der Waals surface area contributed by atoms with E-state index in [2.05, 4.69) is 26.3 Å². The average Bonchev–Trinajstić information content (AvgIpc) is 2.76. The minimum Gasteiger partial charge on any atom is -0.481 e. The van der Waals surface area contributed by atoms with Gasteiger partial charge in [-0.2, -0.15) is 15.5 Å². The molecule has 0 unspecified atom stereocenters. The lowest BCUT2D eigenvalue weighted by molar-refractivity contribution is 0.0792. The normalized spacial score (nSPS) is 13.3. The molecular weight excluding hydrogens is 430 g/mol. The molecule has 0 aliphatic carbocycles. The van der Waals surface area contributed by atoms with Crippen molar-refractivity contribution in [3.63, 3.8) is 0 Å². The maximum Gasteiger partial charge on any atom is 0.272 e. The molecule has 1 aliphatic rings. The van der Waals surface area contributed by atoms with Crippen LogP contribution in [-0.4, -0.2) is 48.1 Å². The van der Waals surface area contributed by atoms with Crippen LogP contribution in [0.2, 0.25) is 5.15 Å². The molecule has 0 radical (unpaired) electrons. The lowest BCUT2D eigenvalue weighted by Crippen LogP contribution is -2.32. The van der Waals surface area contributed by atoms with Crippen molar-refractivity contribution in [2.75, 3.05) is 32.1 Å². The highest BCUT2D eigenvalue weighted by Crippen LogP contribution is 2.33. The summed E-state index contributed by atoms with van der Waals surface area (Å²) in [5, 5.41) is 21.4. The zero-order chi connectivity index (χ0) is 22.4. The molecule has 2 aromatic rings. The van der Waals surface area contributed by atoms with Gasteiger partial charge in [0, 0.05) is 36.8 Å². The molecule has 0 bridgehead atoms. The van der Waals surface area contributed by atoms with Gasteiger partial charge in [0.2, 0.25) is 11.8 Å². The molecule has 31 heavy (non-hydrogen) atoms. The molecule has 3 rings (SSSR count). The summed E-state index contributed by atoms with van der Waals surface area (Å²) in [7, 11) is 1.45. The summed E-state index contributed by atoms with van der Waals surface area (Å²) in [4.78, 5) is 10.5. The number of pyridine rings is 2. The summed E-state index contributed by atoms with van der Waals surface area (Å²) in [6.07, 6.45) is -2.02. The second-order valence-electron chi connectivity index (χ2n) is 6.69. The molecule has 0 fully saturated rings. The first-order valence-corrected chi connectivity index (χ1v) is 9.74. The van der Waals surface area contributed by atoms with Gasteiger partial charge in [-0.3, -0.25) is 4.90 Å². The highest BCUT2D eigenvalue weighted by atomic mass is 35.5. The summed E-state index contributed by atoms with van der Waals surface area (Å²) in [5.74, 6) is 0.823. The van der Waals surface area contributed by atoms with Crippen LogP contribution < -0.4 is 14.8 Å². The third-order valence-electron chi connectivity index (χ3n) is 4.73. The molecule has 1 aliphatic heterocycles. The Bertz CT molecular complexity index is 1040. The van der Waals surface area contributed by atoms with Crippen LogP contribution in [0.25, 0.3) is 0 Å². The number of anilines is 1. The fraction of sp³-hybridized carbons (Fsp3) is 0.400. The number of hydrogen-bond donors (Lipinski definition) is 1. The van der Waals surface area contributed by atoms with Gasteiger partial charge >= 0.3 is 0 Å². The smallest absolute Gasteiger partial charge is 0.272 e. The van der Waals surface area contributed by atoms with Crippen molar-refractivity contribution >= 4 is 17.4 Å². The SMILES string of the molecule is COc1nc(OCC(F)F)ccc1CN1CCc2c(C#N)c(Cl)nc(NCC#N)c2C1. The number of aromatic nitrogens is 2. The number of nitriles is 2. The van der Waals surface area contributed by atoms with Crippen molar-refractivity contribution in [3.8, 4) is 23.9 Å². The van der Waals surface area contributed by atoms with Gasteiger partial charge in [-0.1, -0.05) is 11.6 Å². The lowest BCUT2D eigenvalue weighted by atomic mass is 9.96. The van der Waals surface area contributed by atoms with E-state index in [1.807, 2.05) is 6.07 Å². The van der Waals surface area contributed by atoms with Crippen LogP contribution in [0.5, 0.6) is 11.8 Å². The standard InChI is InChI=1S/C20H19ClF2N6O2/c1-30-20-12(2-3-17(27-20)31-11-16(22)23)9-29-7-4-13-14(8-25)18(21)28-19(15(13)10-29)26-6-5-24/h2-3,16H,4,6-7,9-11H2,1H3,(H,26,28). The van der Waals surface area contributed by atoms with Crippen molar-refractivity contribution in [1.29, 1.82) is 10.5 Å². The largest absolute Gasteiger partial charge is 0.481 e. The average molecular weight is 449 g/mol. The first-order chi connectivity index (χ1) is 15.0. The second-order valence-corrected chi connectivity index (χ2v) is 7.05. The number of methoxy groups -OCH3 is 1. The number of halogens is 3. The maximum atomic E-state index is 12.4. The number of fused-ring (bicyclic) bond motifs is 1. The number of alkyl halides is 2. The van der Waals surface area contributed by atoms with Crippen LogP contribution in [0.3, 0.4) is 0 Å². The third kappa shape index (κ3) is 5.29. The molecule has 0 spiro atoms. The zero-order valence-corrected chi connectivity index (χ0v) is 17.4. The summed E-state index contributed by atoms with van der Waals surface area (Å²) in [6.45, 7) is 0.890. The molecule has 0 amide bonds. The van der Waals surface area contributed by atoms with Crippen LogP contribution in [0.15, 0.2) is 12.1 Å². The Labute approximate surface area is 183 Å². The molecule has 0 aromatic carbocycles. The van der Waals surface area contributed by atoms with Crippen molar-refractivity contribution in [2.24, 2.45) is 0 Å². The van der Waals surface area contributed by atoms with Crippen molar-refractivity contribution in [1.82, 2.24) is 14.9 Å². The predicted octanol–water partition coefficient (Wildman–Crippen LogP) is 3.15. The van der Waals surface area contributed by atoms with Gasteiger partial charge in [-0.05, 0) is 18.1 Å². The van der Waals surface area contributed by atoms with Crippen LogP contribution in [-0.2, 0) is 19.5 Å². The Balaban J connectivity index is 1.82. The molecule has 162 valence electrons. The van der Waals surface area contributed by atoms with E-state index in [0.717, 1.165) is 16.7 Å². The third-order valence-corrected chi connectivity index (χ3v) is 5.01. The maximum absolute atomic E-state index is 12.4. The number of hydrogen-bond acceptors (Lipinski definition) is 8. The molecule has 11 heteroatoms. The number of rotatable bonds is 8. The van der Waals surface area contributed by atoms with Crippen LogP contribution in [0, 0.1) is 22.7 Å². The Morgan fingerprint density at radius 3 is 2.77 bits per heavy atom. The minimum atomic E-state index is -2.59. The van der Waals surface area contributed by atoms with Gasteiger partial charge in [-0.15, -0.1) is 0 Å². The summed E-state index contributed by atoms with van der Waals surface area (Å²) < 4.78 is 35.0. The molecule has 0 atom stereocenters. The van der Waals surface area contributed by atoms with Crippen molar-refractivity contribution < 1.29 is 18.3 Å². The van der Waals surface area contributed by atoms with Gasteiger partial charge in [0.1, 0.15) is 23.6 Å². The monoisotopic (exact) mass is 448 g/mol. The summed E-state index contributed by atoms with van der Waals surface area (Å²) in [6, 6.07) is 7.36. The highest BCUT2D eigenvalue weighted by Gasteiger charge is 2.26. The molecule has 8 nitrogen and oxygen atoms in total. The van der Waals surface area contributed by atoms with E-state index in [4.69, 9.17) is 26.3 Å². The Morgan fingerprint density at radius 1 is 1.29 bits per heavy atom. The van der Waals surface area contributed by atoms with Crippen LogP contribution >= 0.6 is 11.6 Å². The Morgan fingerprint density at radius 2 is 2.10 bits per heavy atom. The van der Waals surface area contributed by atoms with Gasteiger partial charge in [0.15, 0.2) is 6.61 Å². The molecule has 3 heterocycles. The highest BCUT2D eigenvalue weighted by molar-refractivity contribution is 6.30. The van der Waals surface area contributed by atoms with Gasteiger partial charge in [0.25, 0.3) is 6.43 Å². The predicted molar refractivity (Wildman–Crippen MR) is 108 cm³/mol. The summed E-state index contributed by atoms with van der Waals surface area (Å²) >= 11 is 6.16. The Kier molecular flexibility index (Phi) is 7.40. The van der Waals surface area contributed by atoms with E-state index in [9.17, 15) is 14.0 Å². The van der Waals surface area contributed by atoms with Gasteiger partial charge in [-0.25, -0.2) is 13.8 Å². The minimum absolute atomic E-state index is 0.0551. The van der Waals surface area contributed by atoms with Crippen molar-refractivity contribution in [3.05, 3.63) is 39.5 Å². The van der Waals surface area contributed by atoms with E-state index in [1.54, 1.807) is 6.07 Å². The summed E-state index contributed by atoms with van der Waals surface area (Å²) in [5.41, 5.74) is 2.73. The first kappa shape index (κ1) is 22.5. The fourth-order valence-electron chi connectivity index (χ4n) is 3.40. The second kappa shape index (κ2) is 10.2. The lowest BCUT2D eigenvalue weighted by Gasteiger charge is -2.31. The van der Waals surface area contributed by atoms with Crippen LogP contribution in [0.4, 0.5) is 14.6 Å². The van der Waals surface area contributed by atoms with E-state index in [0.29, 0.717) is 37.4 Å². The molecule has 2 aromatic heterocycles. The molecule has 1 N–H and O–H groups in total. The number of ether oxygens (including phenoxy) is 2. The van der Waals surface area contributed by atoms with E-state index < -0.39 is 13.0 Å². The Hall–Kier alpha value is -3.21. The topological polar surface area (TPSA) is 107 Å². The van der Waals surface area contributed by atoms with Crippen LogP contribution in [0.1, 0.15) is 22.3 Å². The first-order valence-electron chi connectivity index (χ1n) is 9.36. The fourth-order valence-corrected chi connectivity index (χ4v) is 3.64. The van der Waals surface area contributed by atoms with Crippen molar-refractivity contribution in [2.45, 2.75) is 25.9 Å². The molecule has 0 saturated carbocycles. The van der Waals surface area contributed by atoms with E-state index >= 15 is 0 Å².